The van der Waals surface area contributed by atoms with Gasteiger partial charge in [0.25, 0.3) is 0 Å². The van der Waals surface area contributed by atoms with Crippen LogP contribution in [0.2, 0.25) is 0 Å². The molecule has 0 bridgehead atoms. The van der Waals surface area contributed by atoms with Gasteiger partial charge < -0.3 is 0 Å². The molecule has 4 heteroatoms. The second kappa shape index (κ2) is 7.22. The first-order chi connectivity index (χ1) is 12.6. The molecule has 3 aromatic rings. The molecule has 0 saturated carbocycles. The smallest absolute Gasteiger partial charge is 0.207 e. The summed E-state index contributed by atoms with van der Waals surface area (Å²) in [6.07, 6.45) is 2.87. The Morgan fingerprint density at radius 3 is 2.19 bits per heavy atom. The zero-order valence-corrected chi connectivity index (χ0v) is 15.5. The van der Waals surface area contributed by atoms with Gasteiger partial charge in [0.1, 0.15) is 0 Å². The predicted octanol–water partition coefficient (Wildman–Crippen LogP) is 4.48. The number of piperidine rings is 1. The molecule has 1 aliphatic rings. The maximum absolute atomic E-state index is 13.0. The van der Waals surface area contributed by atoms with E-state index in [-0.39, 0.29) is 0 Å². The lowest BCUT2D eigenvalue weighted by atomic mass is 9.91. The summed E-state index contributed by atoms with van der Waals surface area (Å²) in [6.45, 7) is 1.21. The van der Waals surface area contributed by atoms with E-state index in [2.05, 4.69) is 24.3 Å². The van der Waals surface area contributed by atoms with E-state index >= 15 is 0 Å². The van der Waals surface area contributed by atoms with Gasteiger partial charge in [-0.2, -0.15) is 4.31 Å². The van der Waals surface area contributed by atoms with Crippen molar-refractivity contribution in [2.75, 3.05) is 13.1 Å². The van der Waals surface area contributed by atoms with E-state index in [4.69, 9.17) is 0 Å². The van der Waals surface area contributed by atoms with E-state index in [1.807, 2.05) is 36.4 Å². The van der Waals surface area contributed by atoms with Crippen molar-refractivity contribution < 1.29 is 8.42 Å². The fourth-order valence-corrected chi connectivity index (χ4v) is 5.28. The van der Waals surface area contributed by atoms with Crippen LogP contribution in [0.25, 0.3) is 10.8 Å². The summed E-state index contributed by atoms with van der Waals surface area (Å²) in [6, 6.07) is 23.7. The second-order valence-corrected chi connectivity index (χ2v) is 8.98. The molecular weight excluding hydrogens is 342 g/mol. The molecule has 1 fully saturated rings. The Labute approximate surface area is 155 Å². The molecule has 0 aliphatic carbocycles. The summed E-state index contributed by atoms with van der Waals surface area (Å²) < 4.78 is 27.7. The zero-order valence-electron chi connectivity index (χ0n) is 14.7. The van der Waals surface area contributed by atoms with Crippen molar-refractivity contribution in [3.63, 3.8) is 0 Å². The first-order valence-corrected chi connectivity index (χ1v) is 10.6. The van der Waals surface area contributed by atoms with E-state index in [0.717, 1.165) is 30.0 Å². The fourth-order valence-electron chi connectivity index (χ4n) is 3.78. The molecule has 1 aliphatic heterocycles. The van der Waals surface area contributed by atoms with Crippen LogP contribution in [-0.2, 0) is 16.4 Å². The molecule has 1 heterocycles. The highest BCUT2D eigenvalue weighted by molar-refractivity contribution is 7.89. The average molecular weight is 365 g/mol. The number of hydrogen-bond donors (Lipinski definition) is 0. The van der Waals surface area contributed by atoms with Crippen molar-refractivity contribution in [1.82, 2.24) is 4.31 Å². The van der Waals surface area contributed by atoms with Crippen molar-refractivity contribution in [3.8, 4) is 0 Å². The van der Waals surface area contributed by atoms with Gasteiger partial charge >= 0.3 is 0 Å². The highest BCUT2D eigenvalue weighted by atomic mass is 32.2. The molecule has 0 unspecified atom stereocenters. The van der Waals surface area contributed by atoms with Crippen molar-refractivity contribution in [3.05, 3.63) is 78.4 Å². The van der Waals surface area contributed by atoms with E-state index < -0.39 is 10.0 Å². The maximum atomic E-state index is 13.0. The number of sulfonamides is 1. The molecule has 26 heavy (non-hydrogen) atoms. The molecule has 0 spiro atoms. The quantitative estimate of drug-likeness (QED) is 0.683. The third-order valence-electron chi connectivity index (χ3n) is 5.30. The van der Waals surface area contributed by atoms with Gasteiger partial charge in [-0.1, -0.05) is 60.7 Å². The molecule has 0 radical (unpaired) electrons. The third-order valence-corrected chi connectivity index (χ3v) is 7.19. The van der Waals surface area contributed by atoms with E-state index in [0.29, 0.717) is 23.9 Å². The first kappa shape index (κ1) is 17.3. The van der Waals surface area contributed by atoms with Crippen LogP contribution in [0.1, 0.15) is 18.4 Å². The van der Waals surface area contributed by atoms with Crippen LogP contribution in [-0.4, -0.2) is 25.8 Å². The van der Waals surface area contributed by atoms with Gasteiger partial charge in [-0.3, -0.25) is 0 Å². The Bertz CT molecular complexity index is 991. The highest BCUT2D eigenvalue weighted by Crippen LogP contribution is 2.27. The maximum Gasteiger partial charge on any atom is 0.243 e. The third kappa shape index (κ3) is 3.53. The standard InChI is InChI=1S/C22H23NO2S/c24-26(25,22-11-10-20-8-4-5-9-21(20)17-22)23-14-12-19(13-15-23)16-18-6-2-1-3-7-18/h1-11,17,19H,12-16H2. The Kier molecular flexibility index (Phi) is 4.79. The monoisotopic (exact) mass is 365 g/mol. The normalized spacial score (nSPS) is 16.8. The molecule has 3 aromatic carbocycles. The molecule has 0 atom stereocenters. The van der Waals surface area contributed by atoms with Crippen molar-refractivity contribution >= 4 is 20.8 Å². The molecular formula is C22H23NO2S. The topological polar surface area (TPSA) is 37.4 Å². The summed E-state index contributed by atoms with van der Waals surface area (Å²) >= 11 is 0. The van der Waals surface area contributed by atoms with Crippen LogP contribution in [0.5, 0.6) is 0 Å². The lowest BCUT2D eigenvalue weighted by Gasteiger charge is -2.31. The minimum absolute atomic E-state index is 0.401. The summed E-state index contributed by atoms with van der Waals surface area (Å²) in [4.78, 5) is 0.401. The number of hydrogen-bond acceptors (Lipinski definition) is 2. The van der Waals surface area contributed by atoms with Crippen LogP contribution < -0.4 is 0 Å². The highest BCUT2D eigenvalue weighted by Gasteiger charge is 2.29. The van der Waals surface area contributed by atoms with Gasteiger partial charge in [-0.15, -0.1) is 0 Å². The van der Waals surface area contributed by atoms with Gasteiger partial charge in [0.05, 0.1) is 4.90 Å². The number of nitrogens with zero attached hydrogens (tertiary/aromatic N) is 1. The minimum Gasteiger partial charge on any atom is -0.207 e. The zero-order chi connectivity index (χ0) is 18.0. The van der Waals surface area contributed by atoms with Crippen molar-refractivity contribution in [2.24, 2.45) is 5.92 Å². The number of benzene rings is 3. The molecule has 3 nitrogen and oxygen atoms in total. The molecule has 0 N–H and O–H groups in total. The summed E-state index contributed by atoms with van der Waals surface area (Å²) in [7, 11) is -3.42. The van der Waals surface area contributed by atoms with Gasteiger partial charge in [0.15, 0.2) is 0 Å². The Morgan fingerprint density at radius 1 is 0.808 bits per heavy atom. The predicted molar refractivity (Wildman–Crippen MR) is 106 cm³/mol. The molecule has 0 aromatic heterocycles. The van der Waals surface area contributed by atoms with Gasteiger partial charge in [0.2, 0.25) is 10.0 Å². The van der Waals surface area contributed by atoms with Crippen molar-refractivity contribution in [1.29, 1.82) is 0 Å². The molecule has 1 saturated heterocycles. The molecule has 134 valence electrons. The summed E-state index contributed by atoms with van der Waals surface area (Å²) in [5, 5.41) is 2.03. The van der Waals surface area contributed by atoms with Crippen LogP contribution in [0, 0.1) is 5.92 Å². The first-order valence-electron chi connectivity index (χ1n) is 9.16. The lowest BCUT2D eigenvalue weighted by molar-refractivity contribution is 0.273. The average Bonchev–Trinajstić information content (AvgIpc) is 2.69. The fraction of sp³-hybridized carbons (Fsp3) is 0.273. The van der Waals surface area contributed by atoms with Gasteiger partial charge in [-0.05, 0) is 53.6 Å². The Hall–Kier alpha value is -2.17. The van der Waals surface area contributed by atoms with Crippen molar-refractivity contribution in [2.45, 2.75) is 24.2 Å². The summed E-state index contributed by atoms with van der Waals surface area (Å²) in [5.41, 5.74) is 1.34. The van der Waals surface area contributed by atoms with E-state index in [1.165, 1.54) is 5.56 Å². The van der Waals surface area contributed by atoms with Gasteiger partial charge in [-0.25, -0.2) is 8.42 Å². The minimum atomic E-state index is -3.42. The van der Waals surface area contributed by atoms with Crippen LogP contribution >= 0.6 is 0 Å². The van der Waals surface area contributed by atoms with Crippen LogP contribution in [0.3, 0.4) is 0 Å². The molecule has 0 amide bonds. The second-order valence-electron chi connectivity index (χ2n) is 7.05. The Morgan fingerprint density at radius 2 is 1.46 bits per heavy atom. The number of rotatable bonds is 4. The van der Waals surface area contributed by atoms with Crippen LogP contribution in [0.4, 0.5) is 0 Å². The molecule has 4 rings (SSSR count). The Balaban J connectivity index is 1.47. The SMILES string of the molecule is O=S(=O)(c1ccc2ccccc2c1)N1CCC(Cc2ccccc2)CC1. The van der Waals surface area contributed by atoms with E-state index in [1.54, 1.807) is 16.4 Å². The van der Waals surface area contributed by atoms with Gasteiger partial charge in [0, 0.05) is 13.1 Å². The van der Waals surface area contributed by atoms with E-state index in [9.17, 15) is 8.42 Å². The van der Waals surface area contributed by atoms with Crippen LogP contribution in [0.15, 0.2) is 77.7 Å². The summed E-state index contributed by atoms with van der Waals surface area (Å²) in [5.74, 6) is 0.556. The lowest BCUT2D eigenvalue weighted by Crippen LogP contribution is -2.38. The largest absolute Gasteiger partial charge is 0.243 e. The number of fused-ring (bicyclic) bond motifs is 1.